The summed E-state index contributed by atoms with van der Waals surface area (Å²) in [5.74, 6) is -0.713. The average molecular weight is 420 g/mol. The van der Waals surface area contributed by atoms with Gasteiger partial charge in [-0.1, -0.05) is 30.3 Å². The fourth-order valence-corrected chi connectivity index (χ4v) is 4.79. The molecule has 1 aliphatic rings. The Balaban J connectivity index is 1.66. The van der Waals surface area contributed by atoms with Gasteiger partial charge in [0.05, 0.1) is 11.9 Å². The Morgan fingerprint density at radius 1 is 1.03 bits per heavy atom. The second-order valence-electron chi connectivity index (χ2n) is 7.30. The lowest BCUT2D eigenvalue weighted by atomic mass is 10.2. The quantitative estimate of drug-likeness (QED) is 0.721. The molecule has 0 aromatic heterocycles. The monoisotopic (exact) mass is 419 g/mol. The van der Waals surface area contributed by atoms with Crippen molar-refractivity contribution in [2.45, 2.75) is 19.5 Å². The molecule has 0 aliphatic carbocycles. The molecule has 0 bridgehead atoms. The van der Waals surface area contributed by atoms with E-state index >= 15 is 0 Å². The molecule has 0 radical (unpaired) electrons. The van der Waals surface area contributed by atoms with Crippen molar-refractivity contribution in [2.24, 2.45) is 0 Å². The molecule has 0 saturated carbocycles. The van der Waals surface area contributed by atoms with Crippen molar-refractivity contribution in [3.63, 3.8) is 0 Å². The van der Waals surface area contributed by atoms with Gasteiger partial charge in [0.2, 0.25) is 15.9 Å². The van der Waals surface area contributed by atoms with Gasteiger partial charge in [0.1, 0.15) is 11.9 Å². The number of anilines is 1. The number of sulfonamides is 1. The Labute approximate surface area is 171 Å². The van der Waals surface area contributed by atoms with E-state index in [2.05, 4.69) is 17.0 Å². The highest BCUT2D eigenvalue weighted by molar-refractivity contribution is 7.92. The molecule has 29 heavy (non-hydrogen) atoms. The summed E-state index contributed by atoms with van der Waals surface area (Å²) in [6, 6.07) is 14.4. The standard InChI is InChI=1S/C21H26FN3O3S/c1-17(25(29(2,27)28)20-10-8-19(22)9-11-20)21(26)24-14-12-23(13-15-24)16-18-6-4-3-5-7-18/h3-11,17H,12-16H2,1-2H3. The number of carbonyl (C=O) groups excluding carboxylic acids is 1. The first-order valence-electron chi connectivity index (χ1n) is 9.56. The maximum Gasteiger partial charge on any atom is 0.246 e. The van der Waals surface area contributed by atoms with Crippen LogP contribution in [0.15, 0.2) is 54.6 Å². The summed E-state index contributed by atoms with van der Waals surface area (Å²) >= 11 is 0. The molecule has 6 nitrogen and oxygen atoms in total. The van der Waals surface area contributed by atoms with Crippen LogP contribution in [0.4, 0.5) is 10.1 Å². The predicted molar refractivity (Wildman–Crippen MR) is 111 cm³/mol. The third kappa shape index (κ3) is 5.33. The van der Waals surface area contributed by atoms with E-state index in [0.717, 1.165) is 30.2 Å². The van der Waals surface area contributed by atoms with Gasteiger partial charge in [0.15, 0.2) is 0 Å². The minimum Gasteiger partial charge on any atom is -0.338 e. The largest absolute Gasteiger partial charge is 0.338 e. The van der Waals surface area contributed by atoms with E-state index in [1.165, 1.54) is 29.8 Å². The molecule has 1 amide bonds. The van der Waals surface area contributed by atoms with Crippen molar-refractivity contribution in [3.05, 3.63) is 66.0 Å². The van der Waals surface area contributed by atoms with Crippen molar-refractivity contribution in [3.8, 4) is 0 Å². The number of amides is 1. The Bertz CT molecular complexity index is 927. The van der Waals surface area contributed by atoms with Crippen LogP contribution >= 0.6 is 0 Å². The smallest absolute Gasteiger partial charge is 0.246 e. The van der Waals surface area contributed by atoms with Crippen LogP contribution in [0.2, 0.25) is 0 Å². The van der Waals surface area contributed by atoms with E-state index in [1.54, 1.807) is 11.8 Å². The van der Waals surface area contributed by atoms with Crippen molar-refractivity contribution in [2.75, 3.05) is 36.7 Å². The topological polar surface area (TPSA) is 60.9 Å². The molecule has 0 N–H and O–H groups in total. The maximum atomic E-state index is 13.2. The fourth-order valence-electron chi connectivity index (χ4n) is 3.62. The minimum atomic E-state index is -3.71. The van der Waals surface area contributed by atoms with Gasteiger partial charge in [-0.15, -0.1) is 0 Å². The molecule has 0 spiro atoms. The van der Waals surface area contributed by atoms with Gasteiger partial charge < -0.3 is 4.90 Å². The number of carbonyl (C=O) groups is 1. The van der Waals surface area contributed by atoms with Crippen LogP contribution in [0.25, 0.3) is 0 Å². The van der Waals surface area contributed by atoms with Crippen LogP contribution in [0, 0.1) is 5.82 Å². The van der Waals surface area contributed by atoms with Gasteiger partial charge in [0, 0.05) is 32.7 Å². The molecule has 8 heteroatoms. The third-order valence-electron chi connectivity index (χ3n) is 5.08. The summed E-state index contributed by atoms with van der Waals surface area (Å²) in [7, 11) is -3.71. The average Bonchev–Trinajstić information content (AvgIpc) is 2.69. The number of benzene rings is 2. The number of hydrogen-bond donors (Lipinski definition) is 0. The van der Waals surface area contributed by atoms with Gasteiger partial charge >= 0.3 is 0 Å². The van der Waals surface area contributed by atoms with E-state index < -0.39 is 21.9 Å². The van der Waals surface area contributed by atoms with Crippen LogP contribution in [-0.4, -0.2) is 62.6 Å². The van der Waals surface area contributed by atoms with E-state index in [-0.39, 0.29) is 11.6 Å². The summed E-state index contributed by atoms with van der Waals surface area (Å²) in [5, 5.41) is 0. The first kappa shape index (κ1) is 21.3. The van der Waals surface area contributed by atoms with E-state index in [4.69, 9.17) is 0 Å². The number of rotatable bonds is 6. The lowest BCUT2D eigenvalue weighted by Crippen LogP contribution is -2.55. The number of halogens is 1. The zero-order chi connectivity index (χ0) is 21.0. The highest BCUT2D eigenvalue weighted by Crippen LogP contribution is 2.22. The second-order valence-corrected chi connectivity index (χ2v) is 9.16. The van der Waals surface area contributed by atoms with Crippen LogP contribution in [-0.2, 0) is 21.4 Å². The first-order chi connectivity index (χ1) is 13.8. The van der Waals surface area contributed by atoms with Crippen LogP contribution in [0.3, 0.4) is 0 Å². The molecule has 1 unspecified atom stereocenters. The Morgan fingerprint density at radius 3 is 2.17 bits per heavy atom. The van der Waals surface area contributed by atoms with Gasteiger partial charge in [0.25, 0.3) is 0 Å². The van der Waals surface area contributed by atoms with E-state index in [9.17, 15) is 17.6 Å². The van der Waals surface area contributed by atoms with Gasteiger partial charge in [-0.05, 0) is 36.8 Å². The molecule has 156 valence electrons. The normalized spacial score (nSPS) is 16.4. The number of nitrogens with zero attached hydrogens (tertiary/aromatic N) is 3. The molecule has 1 aliphatic heterocycles. The van der Waals surface area contributed by atoms with Crippen LogP contribution in [0.5, 0.6) is 0 Å². The molecule has 1 atom stereocenters. The predicted octanol–water partition coefficient (Wildman–Crippen LogP) is 2.32. The van der Waals surface area contributed by atoms with Crippen LogP contribution in [0.1, 0.15) is 12.5 Å². The van der Waals surface area contributed by atoms with Crippen molar-refractivity contribution >= 4 is 21.6 Å². The lowest BCUT2D eigenvalue weighted by Gasteiger charge is -2.38. The molecule has 2 aromatic rings. The highest BCUT2D eigenvalue weighted by Gasteiger charge is 2.33. The van der Waals surface area contributed by atoms with Gasteiger partial charge in [-0.25, -0.2) is 12.8 Å². The van der Waals surface area contributed by atoms with Crippen LogP contribution < -0.4 is 4.31 Å². The Morgan fingerprint density at radius 2 is 1.62 bits per heavy atom. The number of hydrogen-bond acceptors (Lipinski definition) is 4. The Hall–Kier alpha value is -2.45. The molecule has 1 saturated heterocycles. The molecule has 2 aromatic carbocycles. The van der Waals surface area contributed by atoms with Crippen molar-refractivity contribution < 1.29 is 17.6 Å². The molecule has 3 rings (SSSR count). The van der Waals surface area contributed by atoms with Gasteiger partial charge in [-0.2, -0.15) is 0 Å². The lowest BCUT2D eigenvalue weighted by molar-refractivity contribution is -0.133. The van der Waals surface area contributed by atoms with Crippen molar-refractivity contribution in [1.29, 1.82) is 0 Å². The number of piperazine rings is 1. The summed E-state index contributed by atoms with van der Waals surface area (Å²) in [6.45, 7) is 4.92. The summed E-state index contributed by atoms with van der Waals surface area (Å²) in [6.07, 6.45) is 1.05. The summed E-state index contributed by atoms with van der Waals surface area (Å²) < 4.78 is 39.0. The van der Waals surface area contributed by atoms with E-state index in [0.29, 0.717) is 13.1 Å². The minimum absolute atomic E-state index is 0.251. The summed E-state index contributed by atoms with van der Waals surface area (Å²) in [4.78, 5) is 17.0. The van der Waals surface area contributed by atoms with Gasteiger partial charge in [-0.3, -0.25) is 14.0 Å². The Kier molecular flexibility index (Phi) is 6.54. The molecule has 1 fully saturated rings. The summed E-state index contributed by atoms with van der Waals surface area (Å²) in [5.41, 5.74) is 1.50. The molecular formula is C21H26FN3O3S. The zero-order valence-corrected chi connectivity index (χ0v) is 17.5. The first-order valence-corrected chi connectivity index (χ1v) is 11.4. The highest BCUT2D eigenvalue weighted by atomic mass is 32.2. The molecule has 1 heterocycles. The molecular weight excluding hydrogens is 393 g/mol. The fraction of sp³-hybridized carbons (Fsp3) is 0.381. The van der Waals surface area contributed by atoms with Crippen molar-refractivity contribution in [1.82, 2.24) is 9.80 Å². The zero-order valence-electron chi connectivity index (χ0n) is 16.7. The third-order valence-corrected chi connectivity index (χ3v) is 6.32. The van der Waals surface area contributed by atoms with E-state index in [1.807, 2.05) is 18.2 Å². The maximum absolute atomic E-state index is 13.2. The SMILES string of the molecule is CC(C(=O)N1CCN(Cc2ccccc2)CC1)N(c1ccc(F)cc1)S(C)(=O)=O. The second kappa shape index (κ2) is 8.92.